The fourth-order valence-corrected chi connectivity index (χ4v) is 6.94. The van der Waals surface area contributed by atoms with Crippen molar-refractivity contribution < 1.29 is 32.9 Å². The van der Waals surface area contributed by atoms with Crippen molar-refractivity contribution in [2.24, 2.45) is 0 Å². The van der Waals surface area contributed by atoms with Crippen molar-refractivity contribution in [1.82, 2.24) is 5.32 Å². The Bertz CT molecular complexity index is 763. The normalized spacial score (nSPS) is 14.6. The zero-order valence-corrected chi connectivity index (χ0v) is 33.4. The molecule has 0 aromatic rings. The van der Waals surface area contributed by atoms with Crippen molar-refractivity contribution in [1.29, 1.82) is 0 Å². The van der Waals surface area contributed by atoms with Crippen molar-refractivity contribution in [2.45, 2.75) is 206 Å². The van der Waals surface area contributed by atoms with Crippen LogP contribution < -0.4 is 5.32 Å². The Morgan fingerprint density at radius 1 is 0.625 bits per heavy atom. The van der Waals surface area contributed by atoms with Crippen molar-refractivity contribution in [3.05, 3.63) is 0 Å². The summed E-state index contributed by atoms with van der Waals surface area (Å²) in [6.07, 6.45) is 36.3. The molecule has 0 saturated heterocycles. The molecule has 0 aliphatic heterocycles. The van der Waals surface area contributed by atoms with E-state index >= 15 is 0 Å². The third-order valence-electron chi connectivity index (χ3n) is 9.39. The van der Waals surface area contributed by atoms with Gasteiger partial charge in [0.2, 0.25) is 5.91 Å². The molecule has 9 heteroatoms. The first-order chi connectivity index (χ1) is 23.0. The van der Waals surface area contributed by atoms with Crippen LogP contribution in [0.3, 0.4) is 0 Å². The smallest absolute Gasteiger partial charge is 0.391 e. The van der Waals surface area contributed by atoms with E-state index in [1.165, 1.54) is 161 Å². The summed E-state index contributed by atoms with van der Waals surface area (Å²) in [6.45, 7) is 3.99. The Morgan fingerprint density at radius 3 is 1.27 bits per heavy atom. The Balaban J connectivity index is 3.58. The highest BCUT2D eigenvalue weighted by Gasteiger charge is 2.28. The minimum absolute atomic E-state index is 0.0737. The Hall–Kier alpha value is -0.500. The summed E-state index contributed by atoms with van der Waals surface area (Å²) in [5.74, 6) is -0.318. The van der Waals surface area contributed by atoms with E-state index in [1.807, 2.05) is 21.1 Å². The highest BCUT2D eigenvalue weighted by molar-refractivity contribution is 7.47. The van der Waals surface area contributed by atoms with E-state index in [9.17, 15) is 19.4 Å². The number of carbonyl (C=O) groups excluding carboxylic acids is 1. The molecule has 0 aromatic heterocycles. The number of aliphatic hydroxyl groups is 1. The zero-order chi connectivity index (χ0) is 35.8. The lowest BCUT2D eigenvalue weighted by Crippen LogP contribution is -2.45. The van der Waals surface area contributed by atoms with Gasteiger partial charge in [0.05, 0.1) is 39.9 Å². The second-order valence-electron chi connectivity index (χ2n) is 15.5. The van der Waals surface area contributed by atoms with Crippen molar-refractivity contribution in [3.63, 3.8) is 0 Å². The van der Waals surface area contributed by atoms with Crippen LogP contribution in [0, 0.1) is 0 Å². The number of likely N-dealkylation sites (N-methyl/N-ethyl adjacent to an activating group) is 1. The number of aliphatic hydroxyl groups excluding tert-OH is 1. The Morgan fingerprint density at radius 2 is 0.958 bits per heavy atom. The number of nitrogens with one attached hydrogen (secondary N) is 1. The molecule has 8 nitrogen and oxygen atoms in total. The van der Waals surface area contributed by atoms with Crippen molar-refractivity contribution in [2.75, 3.05) is 40.9 Å². The first-order valence-electron chi connectivity index (χ1n) is 20.3. The standard InChI is InChI=1S/C39H81N2O6P/c1-6-7-8-9-10-11-12-13-14-15-16-17-18-19-20-21-22-23-24-25-26-27-28-29-30-31-32-33-39(43)38(40-37(2)42)36-47-48(44,45)46-35-34-41(3,4)5/h38-39,43H,6-36H2,1-5H3,(H-,40,42,44,45)/p+1. The van der Waals surface area contributed by atoms with Crippen LogP contribution in [0.25, 0.3) is 0 Å². The fraction of sp³-hybridized carbons (Fsp3) is 0.974. The van der Waals surface area contributed by atoms with Gasteiger partial charge in [-0.25, -0.2) is 4.57 Å². The van der Waals surface area contributed by atoms with Gasteiger partial charge < -0.3 is 19.8 Å². The number of carbonyl (C=O) groups is 1. The first kappa shape index (κ1) is 47.5. The average molecular weight is 706 g/mol. The van der Waals surface area contributed by atoms with Gasteiger partial charge in [0.15, 0.2) is 0 Å². The molecule has 1 amide bonds. The first-order valence-corrected chi connectivity index (χ1v) is 21.8. The van der Waals surface area contributed by atoms with E-state index in [2.05, 4.69) is 12.2 Å². The van der Waals surface area contributed by atoms with Gasteiger partial charge in [-0.2, -0.15) is 0 Å². The van der Waals surface area contributed by atoms with Gasteiger partial charge in [-0.05, 0) is 6.42 Å². The van der Waals surface area contributed by atoms with Crippen LogP contribution >= 0.6 is 7.82 Å². The van der Waals surface area contributed by atoms with Crippen molar-refractivity contribution in [3.8, 4) is 0 Å². The van der Waals surface area contributed by atoms with Gasteiger partial charge in [0, 0.05) is 6.92 Å². The number of rotatable bonds is 37. The average Bonchev–Trinajstić information content (AvgIpc) is 3.01. The Labute approximate surface area is 298 Å². The van der Waals surface area contributed by atoms with Gasteiger partial charge in [-0.15, -0.1) is 0 Å². The van der Waals surface area contributed by atoms with Gasteiger partial charge in [-0.3, -0.25) is 13.8 Å². The minimum atomic E-state index is -4.26. The van der Waals surface area contributed by atoms with E-state index in [-0.39, 0.29) is 19.1 Å². The summed E-state index contributed by atoms with van der Waals surface area (Å²) >= 11 is 0. The molecule has 3 atom stereocenters. The number of nitrogens with zero attached hydrogens (tertiary/aromatic N) is 1. The summed E-state index contributed by atoms with van der Waals surface area (Å²) in [6, 6.07) is -0.756. The molecule has 0 spiro atoms. The second kappa shape index (κ2) is 32.4. The zero-order valence-electron chi connectivity index (χ0n) is 32.5. The highest BCUT2D eigenvalue weighted by atomic mass is 31.2. The molecule has 0 rings (SSSR count). The van der Waals surface area contributed by atoms with Crippen LogP contribution in [0.1, 0.15) is 194 Å². The number of phosphoric acid groups is 1. The predicted octanol–water partition coefficient (Wildman–Crippen LogP) is 10.6. The van der Waals surface area contributed by atoms with Crippen molar-refractivity contribution >= 4 is 13.7 Å². The van der Waals surface area contributed by atoms with E-state index in [0.29, 0.717) is 17.4 Å². The van der Waals surface area contributed by atoms with Gasteiger partial charge >= 0.3 is 7.82 Å². The summed E-state index contributed by atoms with van der Waals surface area (Å²) in [5, 5.41) is 13.3. The third kappa shape index (κ3) is 35.3. The van der Waals surface area contributed by atoms with Crippen LogP contribution in [-0.4, -0.2) is 73.4 Å². The molecule has 3 unspecified atom stereocenters. The maximum absolute atomic E-state index is 12.2. The number of amides is 1. The molecule has 0 saturated carbocycles. The lowest BCUT2D eigenvalue weighted by atomic mass is 10.0. The molecule has 0 bridgehead atoms. The summed E-state index contributed by atoms with van der Waals surface area (Å²) < 4.78 is 22.9. The van der Waals surface area contributed by atoms with E-state index in [4.69, 9.17) is 9.05 Å². The summed E-state index contributed by atoms with van der Waals surface area (Å²) in [7, 11) is 1.61. The van der Waals surface area contributed by atoms with Crippen LogP contribution in [0.4, 0.5) is 0 Å². The van der Waals surface area contributed by atoms with Crippen LogP contribution in [0.5, 0.6) is 0 Å². The monoisotopic (exact) mass is 706 g/mol. The van der Waals surface area contributed by atoms with E-state index in [0.717, 1.165) is 19.3 Å². The lowest BCUT2D eigenvalue weighted by Gasteiger charge is -2.26. The molecule has 0 aliphatic carbocycles. The number of phosphoric ester groups is 1. The summed E-state index contributed by atoms with van der Waals surface area (Å²) in [4.78, 5) is 21.6. The Kier molecular flexibility index (Phi) is 32.1. The van der Waals surface area contributed by atoms with Crippen LogP contribution in [-0.2, 0) is 18.4 Å². The summed E-state index contributed by atoms with van der Waals surface area (Å²) in [5.41, 5.74) is 0. The van der Waals surface area contributed by atoms with Crippen LogP contribution in [0.15, 0.2) is 0 Å². The maximum Gasteiger partial charge on any atom is 0.472 e. The fourth-order valence-electron chi connectivity index (χ4n) is 6.20. The minimum Gasteiger partial charge on any atom is -0.391 e. The molecular formula is C39H82N2O6P+. The molecule has 0 aromatic carbocycles. The van der Waals surface area contributed by atoms with Gasteiger partial charge in [0.1, 0.15) is 13.2 Å². The van der Waals surface area contributed by atoms with Crippen LogP contribution in [0.2, 0.25) is 0 Å². The van der Waals surface area contributed by atoms with E-state index in [1.54, 1.807) is 0 Å². The molecule has 0 heterocycles. The molecule has 48 heavy (non-hydrogen) atoms. The molecule has 3 N–H and O–H groups in total. The third-order valence-corrected chi connectivity index (χ3v) is 10.4. The SMILES string of the molecule is CCCCCCCCCCCCCCCCCCCCCCCCCCCCCC(O)C(COP(=O)(O)OCC[N+](C)(C)C)NC(C)=O. The molecule has 0 radical (unpaired) electrons. The van der Waals surface area contributed by atoms with Gasteiger partial charge in [0.25, 0.3) is 0 Å². The molecular weight excluding hydrogens is 623 g/mol. The quantitative estimate of drug-likeness (QED) is 0.0338. The van der Waals surface area contributed by atoms with E-state index < -0.39 is 20.0 Å². The molecule has 0 aliphatic rings. The van der Waals surface area contributed by atoms with Gasteiger partial charge in [-0.1, -0.05) is 180 Å². The lowest BCUT2D eigenvalue weighted by molar-refractivity contribution is -0.870. The molecule has 288 valence electrons. The number of hydrogen-bond donors (Lipinski definition) is 3. The predicted molar refractivity (Wildman–Crippen MR) is 203 cm³/mol. The highest BCUT2D eigenvalue weighted by Crippen LogP contribution is 2.43. The second-order valence-corrected chi connectivity index (χ2v) is 16.9. The number of quaternary nitrogens is 1. The topological polar surface area (TPSA) is 105 Å². The largest absolute Gasteiger partial charge is 0.472 e. The number of unbranched alkanes of at least 4 members (excludes halogenated alkanes) is 26. The maximum atomic E-state index is 12.2. The number of hydrogen-bond acceptors (Lipinski definition) is 5. The molecule has 0 fully saturated rings.